The number of carbonyl (C=O) groups is 1. The van der Waals surface area contributed by atoms with Crippen LogP contribution in [0.15, 0.2) is 48.5 Å². The monoisotopic (exact) mass is 338 g/mol. The first-order chi connectivity index (χ1) is 12.3. The van der Waals surface area contributed by atoms with Crippen molar-refractivity contribution in [2.24, 2.45) is 0 Å². The average Bonchev–Trinajstić information content (AvgIpc) is 3.07. The van der Waals surface area contributed by atoms with Gasteiger partial charge in [0.15, 0.2) is 6.10 Å². The van der Waals surface area contributed by atoms with Crippen molar-refractivity contribution in [1.82, 2.24) is 0 Å². The van der Waals surface area contributed by atoms with Gasteiger partial charge in [0.05, 0.1) is 19.8 Å². The zero-order valence-corrected chi connectivity index (χ0v) is 14.1. The van der Waals surface area contributed by atoms with Crippen molar-refractivity contribution in [1.29, 1.82) is 0 Å². The maximum atomic E-state index is 12.4. The average molecular weight is 338 g/mol. The van der Waals surface area contributed by atoms with E-state index in [0.29, 0.717) is 19.8 Å². The maximum absolute atomic E-state index is 12.4. The lowest BCUT2D eigenvalue weighted by Gasteiger charge is -2.24. The second-order valence-electron chi connectivity index (χ2n) is 6.38. The van der Waals surface area contributed by atoms with Crippen LogP contribution in [0.3, 0.4) is 0 Å². The number of anilines is 2. The molecular weight excluding hydrogens is 316 g/mol. The highest BCUT2D eigenvalue weighted by Gasteiger charge is 2.24. The van der Waals surface area contributed by atoms with Crippen molar-refractivity contribution >= 4 is 17.3 Å². The first-order valence-electron chi connectivity index (χ1n) is 8.72. The van der Waals surface area contributed by atoms with Crippen LogP contribution in [0.2, 0.25) is 0 Å². The number of carbonyl (C=O) groups excluding carboxylic acids is 1. The lowest BCUT2D eigenvalue weighted by molar-refractivity contribution is -0.142. The van der Waals surface area contributed by atoms with Crippen molar-refractivity contribution in [2.75, 3.05) is 36.6 Å². The van der Waals surface area contributed by atoms with Crippen molar-refractivity contribution in [3.8, 4) is 0 Å². The summed E-state index contributed by atoms with van der Waals surface area (Å²) < 4.78 is 10.8. The molecule has 1 N–H and O–H groups in total. The molecule has 0 saturated carbocycles. The summed E-state index contributed by atoms with van der Waals surface area (Å²) in [5.41, 5.74) is 4.61. The third-order valence-electron chi connectivity index (χ3n) is 4.73. The van der Waals surface area contributed by atoms with Crippen molar-refractivity contribution < 1.29 is 14.3 Å². The molecule has 1 atom stereocenters. The number of hydrogen-bond acceptors (Lipinski definition) is 4. The van der Waals surface area contributed by atoms with E-state index in [1.807, 2.05) is 18.2 Å². The molecule has 0 spiro atoms. The zero-order valence-electron chi connectivity index (χ0n) is 14.1. The SMILES string of the molecule is O=C(Nc1ccccc1CN1CCc2ccccc21)[C@@H]1COCCO1. The van der Waals surface area contributed by atoms with Crippen LogP contribution in [-0.2, 0) is 27.2 Å². The quantitative estimate of drug-likeness (QED) is 0.931. The van der Waals surface area contributed by atoms with Gasteiger partial charge in [-0.1, -0.05) is 36.4 Å². The van der Waals surface area contributed by atoms with E-state index >= 15 is 0 Å². The predicted molar refractivity (Wildman–Crippen MR) is 96.8 cm³/mol. The van der Waals surface area contributed by atoms with Crippen molar-refractivity contribution in [3.63, 3.8) is 0 Å². The Kier molecular flexibility index (Phi) is 4.68. The molecule has 1 fully saturated rings. The van der Waals surface area contributed by atoms with E-state index in [1.165, 1.54) is 11.3 Å². The summed E-state index contributed by atoms with van der Waals surface area (Å²) >= 11 is 0. The highest BCUT2D eigenvalue weighted by molar-refractivity contribution is 5.95. The molecule has 130 valence electrons. The molecule has 2 aliphatic heterocycles. The lowest BCUT2D eigenvalue weighted by Crippen LogP contribution is -2.39. The fourth-order valence-corrected chi connectivity index (χ4v) is 3.41. The maximum Gasteiger partial charge on any atom is 0.255 e. The van der Waals surface area contributed by atoms with Crippen LogP contribution in [0.5, 0.6) is 0 Å². The molecule has 5 heteroatoms. The lowest BCUT2D eigenvalue weighted by atomic mass is 10.1. The second kappa shape index (κ2) is 7.25. The zero-order chi connectivity index (χ0) is 17.1. The molecule has 0 unspecified atom stereocenters. The molecule has 2 aromatic carbocycles. The fourth-order valence-electron chi connectivity index (χ4n) is 3.41. The topological polar surface area (TPSA) is 50.8 Å². The van der Waals surface area contributed by atoms with Crippen LogP contribution in [0.1, 0.15) is 11.1 Å². The van der Waals surface area contributed by atoms with Crippen LogP contribution in [0, 0.1) is 0 Å². The van der Waals surface area contributed by atoms with E-state index < -0.39 is 6.10 Å². The van der Waals surface area contributed by atoms with E-state index in [1.54, 1.807) is 0 Å². The smallest absolute Gasteiger partial charge is 0.255 e. The van der Waals surface area contributed by atoms with Gasteiger partial charge in [-0.25, -0.2) is 0 Å². The second-order valence-corrected chi connectivity index (χ2v) is 6.38. The van der Waals surface area contributed by atoms with Gasteiger partial charge in [0.25, 0.3) is 5.91 Å². The number of para-hydroxylation sites is 2. The van der Waals surface area contributed by atoms with Crippen LogP contribution in [0.25, 0.3) is 0 Å². The molecule has 5 nitrogen and oxygen atoms in total. The number of nitrogens with zero attached hydrogens (tertiary/aromatic N) is 1. The Bertz CT molecular complexity index is 756. The number of rotatable bonds is 4. The Balaban J connectivity index is 1.49. The van der Waals surface area contributed by atoms with Gasteiger partial charge in [-0.15, -0.1) is 0 Å². The molecule has 4 rings (SSSR count). The Hall–Kier alpha value is -2.37. The van der Waals surface area contributed by atoms with E-state index in [0.717, 1.165) is 30.8 Å². The van der Waals surface area contributed by atoms with Crippen LogP contribution in [0.4, 0.5) is 11.4 Å². The molecule has 1 saturated heterocycles. The highest BCUT2D eigenvalue weighted by Crippen LogP contribution is 2.30. The number of nitrogens with one attached hydrogen (secondary N) is 1. The Morgan fingerprint density at radius 1 is 1.12 bits per heavy atom. The standard InChI is InChI=1S/C20H22N2O3/c23-20(19-14-24-11-12-25-19)21-17-7-3-1-6-16(17)13-22-10-9-15-5-2-4-8-18(15)22/h1-8,19H,9-14H2,(H,21,23)/t19-/m0/s1. The highest BCUT2D eigenvalue weighted by atomic mass is 16.6. The third-order valence-corrected chi connectivity index (χ3v) is 4.73. The molecule has 0 aromatic heterocycles. The van der Waals surface area contributed by atoms with Crippen LogP contribution in [-0.4, -0.2) is 38.4 Å². The first kappa shape index (κ1) is 16.1. The summed E-state index contributed by atoms with van der Waals surface area (Å²) in [7, 11) is 0. The summed E-state index contributed by atoms with van der Waals surface area (Å²) in [5, 5.41) is 3.01. The minimum absolute atomic E-state index is 0.144. The van der Waals surface area contributed by atoms with Crippen molar-refractivity contribution in [3.05, 3.63) is 59.7 Å². The number of fused-ring (bicyclic) bond motifs is 1. The first-order valence-corrected chi connectivity index (χ1v) is 8.72. The minimum atomic E-state index is -0.533. The minimum Gasteiger partial charge on any atom is -0.376 e. The molecule has 2 aliphatic rings. The summed E-state index contributed by atoms with van der Waals surface area (Å²) in [5.74, 6) is -0.144. The molecule has 0 bridgehead atoms. The van der Waals surface area contributed by atoms with E-state index in [4.69, 9.17) is 9.47 Å². The fraction of sp³-hybridized carbons (Fsp3) is 0.350. The Morgan fingerprint density at radius 3 is 2.84 bits per heavy atom. The number of hydrogen-bond donors (Lipinski definition) is 1. The summed E-state index contributed by atoms with van der Waals surface area (Å²) in [6, 6.07) is 16.5. The molecule has 0 radical (unpaired) electrons. The largest absolute Gasteiger partial charge is 0.376 e. The van der Waals surface area contributed by atoms with E-state index in [9.17, 15) is 4.79 Å². The van der Waals surface area contributed by atoms with Gasteiger partial charge >= 0.3 is 0 Å². The van der Waals surface area contributed by atoms with Gasteiger partial charge in [-0.3, -0.25) is 4.79 Å². The Morgan fingerprint density at radius 2 is 1.96 bits per heavy atom. The Labute approximate surface area is 147 Å². The van der Waals surface area contributed by atoms with Crippen LogP contribution < -0.4 is 10.2 Å². The van der Waals surface area contributed by atoms with Gasteiger partial charge in [-0.05, 0) is 29.7 Å². The van der Waals surface area contributed by atoms with Crippen LogP contribution >= 0.6 is 0 Å². The third kappa shape index (κ3) is 3.52. The molecule has 1 amide bonds. The van der Waals surface area contributed by atoms with Gasteiger partial charge < -0.3 is 19.7 Å². The van der Waals surface area contributed by atoms with Gasteiger partial charge in [0, 0.05) is 24.5 Å². The molecule has 2 heterocycles. The number of benzene rings is 2. The predicted octanol–water partition coefficient (Wildman–Crippen LogP) is 2.60. The molecular formula is C20H22N2O3. The number of amides is 1. The summed E-state index contributed by atoms with van der Waals surface area (Å²) in [4.78, 5) is 14.8. The van der Waals surface area contributed by atoms with Crippen molar-refractivity contribution in [2.45, 2.75) is 19.1 Å². The molecule has 0 aliphatic carbocycles. The number of ether oxygens (including phenoxy) is 2. The van der Waals surface area contributed by atoms with E-state index in [-0.39, 0.29) is 5.91 Å². The summed E-state index contributed by atoms with van der Waals surface area (Å²) in [6.45, 7) is 3.10. The van der Waals surface area contributed by atoms with Gasteiger partial charge in [0.1, 0.15) is 0 Å². The van der Waals surface area contributed by atoms with Gasteiger partial charge in [0.2, 0.25) is 0 Å². The molecule has 2 aromatic rings. The summed E-state index contributed by atoms with van der Waals surface area (Å²) in [6.07, 6.45) is 0.534. The van der Waals surface area contributed by atoms with Gasteiger partial charge in [-0.2, -0.15) is 0 Å². The van der Waals surface area contributed by atoms with E-state index in [2.05, 4.69) is 40.5 Å². The molecule has 25 heavy (non-hydrogen) atoms. The normalized spacial score (nSPS) is 19.5.